The summed E-state index contributed by atoms with van der Waals surface area (Å²) in [5, 5.41) is 8.98. The van der Waals surface area contributed by atoms with Crippen molar-refractivity contribution in [2.75, 3.05) is 13.2 Å². The first-order chi connectivity index (χ1) is 9.02. The Morgan fingerprint density at radius 2 is 1.74 bits per heavy atom. The van der Waals surface area contributed by atoms with Crippen LogP contribution in [0.25, 0.3) is 0 Å². The maximum Gasteiger partial charge on any atom is 0.309 e. The Kier molecular flexibility index (Phi) is 7.44. The second kappa shape index (κ2) is 8.57. The summed E-state index contributed by atoms with van der Waals surface area (Å²) in [4.78, 5) is 10.9. The molecule has 1 aliphatic carbocycles. The summed E-state index contributed by atoms with van der Waals surface area (Å²) in [6.45, 7) is 5.22. The van der Waals surface area contributed by atoms with Crippen LogP contribution in [0.4, 0.5) is 0 Å². The zero-order valence-electron chi connectivity index (χ0n) is 12.6. The van der Waals surface area contributed by atoms with Gasteiger partial charge in [0.1, 0.15) is 0 Å². The molecule has 1 N–H and O–H groups in total. The summed E-state index contributed by atoms with van der Waals surface area (Å²) < 4.78 is 5.58. The van der Waals surface area contributed by atoms with Gasteiger partial charge in [0.25, 0.3) is 0 Å². The number of aliphatic carboxylic acids is 1. The van der Waals surface area contributed by atoms with Crippen LogP contribution in [-0.4, -0.2) is 24.3 Å². The van der Waals surface area contributed by atoms with E-state index < -0.39 is 11.4 Å². The van der Waals surface area contributed by atoms with Crippen LogP contribution in [0.15, 0.2) is 0 Å². The van der Waals surface area contributed by atoms with E-state index >= 15 is 0 Å². The number of carboxylic acid groups (broad SMARTS) is 1. The molecule has 0 radical (unpaired) electrons. The Hall–Kier alpha value is -0.570. The van der Waals surface area contributed by atoms with E-state index in [2.05, 4.69) is 0 Å². The molecular formula is C16H30O3. The van der Waals surface area contributed by atoms with Crippen molar-refractivity contribution in [3.05, 3.63) is 0 Å². The van der Waals surface area contributed by atoms with E-state index in [9.17, 15) is 4.79 Å². The van der Waals surface area contributed by atoms with Crippen molar-refractivity contribution in [3.63, 3.8) is 0 Å². The first kappa shape index (κ1) is 16.5. The molecule has 0 atom stereocenters. The van der Waals surface area contributed by atoms with Gasteiger partial charge in [-0.15, -0.1) is 0 Å². The van der Waals surface area contributed by atoms with E-state index in [4.69, 9.17) is 9.84 Å². The van der Waals surface area contributed by atoms with E-state index in [0.717, 1.165) is 38.4 Å². The van der Waals surface area contributed by atoms with Gasteiger partial charge in [-0.25, -0.2) is 0 Å². The summed E-state index contributed by atoms with van der Waals surface area (Å²) in [6.07, 6.45) is 10.8. The molecule has 1 rings (SSSR count). The smallest absolute Gasteiger partial charge is 0.309 e. The minimum Gasteiger partial charge on any atom is -0.481 e. The van der Waals surface area contributed by atoms with Crippen LogP contribution in [0.3, 0.4) is 0 Å². The summed E-state index contributed by atoms with van der Waals surface area (Å²) in [5.74, 6) is 0.350. The molecule has 3 heteroatoms. The molecular weight excluding hydrogens is 240 g/mol. The Morgan fingerprint density at radius 3 is 2.32 bits per heavy atom. The van der Waals surface area contributed by atoms with Gasteiger partial charge in [-0.05, 0) is 39.0 Å². The number of hydrogen-bond donors (Lipinski definition) is 1. The van der Waals surface area contributed by atoms with Gasteiger partial charge in [-0.3, -0.25) is 4.79 Å². The maximum absolute atomic E-state index is 10.9. The van der Waals surface area contributed by atoms with Gasteiger partial charge in [0, 0.05) is 13.2 Å². The van der Waals surface area contributed by atoms with Crippen molar-refractivity contribution in [3.8, 4) is 0 Å². The zero-order chi connectivity index (χ0) is 14.1. The molecule has 0 spiro atoms. The lowest BCUT2D eigenvalue weighted by Crippen LogP contribution is -2.23. The SMILES string of the molecule is CC(C)(CCCCOCCCCCC1CC1)C(=O)O. The van der Waals surface area contributed by atoms with Crippen molar-refractivity contribution in [1.29, 1.82) is 0 Å². The van der Waals surface area contributed by atoms with E-state index in [-0.39, 0.29) is 0 Å². The number of rotatable bonds is 12. The molecule has 0 heterocycles. The zero-order valence-corrected chi connectivity index (χ0v) is 12.6. The highest BCUT2D eigenvalue weighted by molar-refractivity contribution is 5.73. The van der Waals surface area contributed by atoms with Gasteiger partial charge in [0.05, 0.1) is 5.41 Å². The molecule has 1 aliphatic rings. The van der Waals surface area contributed by atoms with E-state index in [1.54, 1.807) is 13.8 Å². The summed E-state index contributed by atoms with van der Waals surface area (Å²) in [5.41, 5.74) is -0.594. The number of ether oxygens (including phenoxy) is 1. The molecule has 1 fully saturated rings. The van der Waals surface area contributed by atoms with Gasteiger partial charge in [0.2, 0.25) is 0 Å². The van der Waals surface area contributed by atoms with Crippen LogP contribution >= 0.6 is 0 Å². The highest BCUT2D eigenvalue weighted by Gasteiger charge is 2.25. The van der Waals surface area contributed by atoms with Gasteiger partial charge < -0.3 is 9.84 Å². The van der Waals surface area contributed by atoms with E-state index in [1.807, 2.05) is 0 Å². The van der Waals surface area contributed by atoms with Crippen molar-refractivity contribution < 1.29 is 14.6 Å². The highest BCUT2D eigenvalue weighted by atomic mass is 16.5. The van der Waals surface area contributed by atoms with Crippen LogP contribution in [0.5, 0.6) is 0 Å². The lowest BCUT2D eigenvalue weighted by Gasteiger charge is -2.18. The maximum atomic E-state index is 10.9. The molecule has 1 saturated carbocycles. The molecule has 0 amide bonds. The monoisotopic (exact) mass is 270 g/mol. The third-order valence-corrected chi connectivity index (χ3v) is 4.02. The van der Waals surface area contributed by atoms with Crippen LogP contribution in [0, 0.1) is 11.3 Å². The van der Waals surface area contributed by atoms with Gasteiger partial charge in [-0.1, -0.05) is 38.5 Å². The summed E-state index contributed by atoms with van der Waals surface area (Å²) in [7, 11) is 0. The van der Waals surface area contributed by atoms with Gasteiger partial charge >= 0.3 is 5.97 Å². The summed E-state index contributed by atoms with van der Waals surface area (Å²) >= 11 is 0. The molecule has 19 heavy (non-hydrogen) atoms. The topological polar surface area (TPSA) is 46.5 Å². The number of carboxylic acids is 1. The predicted octanol–water partition coefficient (Wildman–Crippen LogP) is 4.25. The number of carbonyl (C=O) groups is 1. The van der Waals surface area contributed by atoms with Gasteiger partial charge in [0.15, 0.2) is 0 Å². The largest absolute Gasteiger partial charge is 0.481 e. The van der Waals surface area contributed by atoms with Crippen molar-refractivity contribution >= 4 is 5.97 Å². The molecule has 0 aliphatic heterocycles. The highest BCUT2D eigenvalue weighted by Crippen LogP contribution is 2.33. The minimum atomic E-state index is -0.705. The van der Waals surface area contributed by atoms with E-state index in [0.29, 0.717) is 0 Å². The van der Waals surface area contributed by atoms with Crippen LogP contribution in [-0.2, 0) is 9.53 Å². The normalized spacial score (nSPS) is 15.7. The quantitative estimate of drug-likeness (QED) is 0.539. The number of hydrogen-bond acceptors (Lipinski definition) is 2. The fraction of sp³-hybridized carbons (Fsp3) is 0.938. The second-order valence-electron chi connectivity index (χ2n) is 6.55. The number of unbranched alkanes of at least 4 members (excludes halogenated alkanes) is 3. The Bertz CT molecular complexity index is 257. The standard InChI is InChI=1S/C16H30O3/c1-16(2,15(17)18)11-5-7-13-19-12-6-3-4-8-14-9-10-14/h14H,3-13H2,1-2H3,(H,17,18). The first-order valence-electron chi connectivity index (χ1n) is 7.83. The third kappa shape index (κ3) is 8.25. The third-order valence-electron chi connectivity index (χ3n) is 4.02. The average molecular weight is 270 g/mol. The average Bonchev–Trinajstić information content (AvgIpc) is 3.15. The van der Waals surface area contributed by atoms with Gasteiger partial charge in [-0.2, -0.15) is 0 Å². The lowest BCUT2D eigenvalue weighted by atomic mass is 9.87. The van der Waals surface area contributed by atoms with E-state index in [1.165, 1.54) is 38.5 Å². The van der Waals surface area contributed by atoms with Crippen LogP contribution in [0.1, 0.15) is 71.6 Å². The molecule has 0 aromatic heterocycles. The van der Waals surface area contributed by atoms with Crippen molar-refractivity contribution in [1.82, 2.24) is 0 Å². The predicted molar refractivity (Wildman–Crippen MR) is 77.3 cm³/mol. The molecule has 0 aromatic carbocycles. The Labute approximate surface area is 117 Å². The Morgan fingerprint density at radius 1 is 1.11 bits per heavy atom. The molecule has 0 aromatic rings. The summed E-state index contributed by atoms with van der Waals surface area (Å²) in [6, 6.07) is 0. The molecule has 0 unspecified atom stereocenters. The molecule has 0 saturated heterocycles. The van der Waals surface area contributed by atoms with Crippen molar-refractivity contribution in [2.24, 2.45) is 11.3 Å². The van der Waals surface area contributed by atoms with Crippen LogP contribution < -0.4 is 0 Å². The first-order valence-corrected chi connectivity index (χ1v) is 7.83. The van der Waals surface area contributed by atoms with Crippen molar-refractivity contribution in [2.45, 2.75) is 71.6 Å². The molecule has 112 valence electrons. The fourth-order valence-corrected chi connectivity index (χ4v) is 2.20. The van der Waals surface area contributed by atoms with Crippen LogP contribution in [0.2, 0.25) is 0 Å². The minimum absolute atomic E-state index is 0.594. The fourth-order valence-electron chi connectivity index (χ4n) is 2.20. The lowest BCUT2D eigenvalue weighted by molar-refractivity contribution is -0.147. The second-order valence-corrected chi connectivity index (χ2v) is 6.55. The molecule has 3 nitrogen and oxygen atoms in total. The molecule has 0 bridgehead atoms. The Balaban J connectivity index is 1.79.